The highest BCUT2D eigenvalue weighted by molar-refractivity contribution is 5.46. The van der Waals surface area contributed by atoms with Gasteiger partial charge in [-0.05, 0) is 47.2 Å². The second-order valence-electron chi connectivity index (χ2n) is 11.5. The van der Waals surface area contributed by atoms with Crippen LogP contribution in [-0.2, 0) is 16.2 Å². The summed E-state index contributed by atoms with van der Waals surface area (Å²) in [6.45, 7) is 18.2. The van der Waals surface area contributed by atoms with E-state index in [9.17, 15) is 10.2 Å². The van der Waals surface area contributed by atoms with Crippen LogP contribution in [0, 0.1) is 0 Å². The Balaban J connectivity index is 2.09. The maximum Gasteiger partial charge on any atom is 0.328 e. The molecule has 7 heteroatoms. The van der Waals surface area contributed by atoms with Gasteiger partial charge in [0.1, 0.15) is 28.8 Å². The highest BCUT2D eigenvalue weighted by Crippen LogP contribution is 2.38. The molecule has 182 valence electrons. The lowest BCUT2D eigenvalue weighted by atomic mass is 9.86. The largest absolute Gasteiger partial charge is 0.508 e. The monoisotopic (exact) mass is 465 g/mol. The Morgan fingerprint density at radius 1 is 0.559 bits per heavy atom. The summed E-state index contributed by atoms with van der Waals surface area (Å²) in [5.74, 6) is 1.92. The molecule has 7 nitrogen and oxygen atoms in total. The molecule has 0 spiro atoms. The fraction of sp³-hybridized carbons (Fsp3) is 0.444. The third-order valence-electron chi connectivity index (χ3n) is 5.21. The number of nitrogens with zero attached hydrogens (tertiary/aromatic N) is 3. The highest BCUT2D eigenvalue weighted by atomic mass is 16.5. The number of phenolic OH excluding ortho intramolecular Hbond substituents is 2. The van der Waals surface area contributed by atoms with Crippen LogP contribution in [-0.4, -0.2) is 25.2 Å². The van der Waals surface area contributed by atoms with Crippen LogP contribution in [0.1, 0.15) is 79.3 Å². The van der Waals surface area contributed by atoms with Gasteiger partial charge in [0.05, 0.1) is 0 Å². The minimum absolute atomic E-state index is 0.0993. The Kier molecular flexibility index (Phi) is 6.53. The molecule has 0 amide bonds. The summed E-state index contributed by atoms with van der Waals surface area (Å²) in [6.07, 6.45) is 0. The van der Waals surface area contributed by atoms with Gasteiger partial charge >= 0.3 is 12.0 Å². The summed E-state index contributed by atoms with van der Waals surface area (Å²) in [5.41, 5.74) is 0.701. The van der Waals surface area contributed by atoms with Gasteiger partial charge < -0.3 is 19.7 Å². The fourth-order valence-electron chi connectivity index (χ4n) is 3.35. The van der Waals surface area contributed by atoms with Crippen molar-refractivity contribution in [1.82, 2.24) is 15.0 Å². The molecular weight excluding hydrogens is 430 g/mol. The van der Waals surface area contributed by atoms with Crippen LogP contribution in [0.5, 0.6) is 35.0 Å². The Morgan fingerprint density at radius 3 is 1.26 bits per heavy atom. The Hall–Kier alpha value is -3.35. The molecule has 0 aliphatic carbocycles. The van der Waals surface area contributed by atoms with Gasteiger partial charge in [-0.15, -0.1) is 4.98 Å². The maximum atomic E-state index is 10.0. The van der Waals surface area contributed by atoms with E-state index in [4.69, 9.17) is 9.47 Å². The van der Waals surface area contributed by atoms with E-state index in [-0.39, 0.29) is 39.8 Å². The van der Waals surface area contributed by atoms with Crippen LogP contribution < -0.4 is 9.47 Å². The first-order valence-corrected chi connectivity index (χ1v) is 11.3. The van der Waals surface area contributed by atoms with E-state index < -0.39 is 0 Å². The predicted octanol–water partition coefficient (Wildman–Crippen LogP) is 6.76. The predicted molar refractivity (Wildman–Crippen MR) is 132 cm³/mol. The molecule has 1 aromatic heterocycles. The number of aromatic hydroxyl groups is 2. The van der Waals surface area contributed by atoms with Crippen molar-refractivity contribution < 1.29 is 19.7 Å². The first-order valence-electron chi connectivity index (χ1n) is 11.3. The van der Waals surface area contributed by atoms with E-state index in [0.717, 1.165) is 11.1 Å². The van der Waals surface area contributed by atoms with Gasteiger partial charge in [-0.2, -0.15) is 9.97 Å². The number of aromatic nitrogens is 3. The first kappa shape index (κ1) is 25.3. The van der Waals surface area contributed by atoms with Gasteiger partial charge in [-0.1, -0.05) is 62.3 Å². The number of hydrogen-bond donors (Lipinski definition) is 2. The van der Waals surface area contributed by atoms with Crippen molar-refractivity contribution in [2.75, 3.05) is 0 Å². The van der Waals surface area contributed by atoms with E-state index in [0.29, 0.717) is 17.3 Å². The molecule has 0 aliphatic heterocycles. The summed E-state index contributed by atoms with van der Waals surface area (Å²) in [5, 5.41) is 20.0. The van der Waals surface area contributed by atoms with Crippen molar-refractivity contribution in [2.24, 2.45) is 0 Å². The zero-order valence-electron chi connectivity index (χ0n) is 21.5. The van der Waals surface area contributed by atoms with E-state index in [1.54, 1.807) is 36.4 Å². The van der Waals surface area contributed by atoms with Crippen LogP contribution in [0.15, 0.2) is 36.4 Å². The molecule has 0 atom stereocenters. The SMILES string of the molecule is CC(C)(C)c1nc(Oc2ccc(O)cc2C(C)(C)C)nc(Oc2ccc(O)cc2C(C)(C)C)n1. The zero-order chi connectivity index (χ0) is 25.5. The maximum absolute atomic E-state index is 10.0. The Labute approximate surface area is 201 Å². The quantitative estimate of drug-likeness (QED) is 0.439. The van der Waals surface area contributed by atoms with Crippen molar-refractivity contribution in [3.63, 3.8) is 0 Å². The molecule has 0 fully saturated rings. The molecule has 0 unspecified atom stereocenters. The molecule has 3 aromatic rings. The van der Waals surface area contributed by atoms with Crippen LogP contribution >= 0.6 is 0 Å². The van der Waals surface area contributed by atoms with Crippen LogP contribution in [0.3, 0.4) is 0 Å². The molecule has 0 bridgehead atoms. The van der Waals surface area contributed by atoms with E-state index >= 15 is 0 Å². The smallest absolute Gasteiger partial charge is 0.328 e. The lowest BCUT2D eigenvalue weighted by Gasteiger charge is -2.24. The van der Waals surface area contributed by atoms with Gasteiger partial charge in [0, 0.05) is 16.5 Å². The molecule has 3 rings (SSSR count). The van der Waals surface area contributed by atoms with Crippen molar-refractivity contribution in [3.8, 4) is 35.0 Å². The summed E-state index contributed by atoms with van der Waals surface area (Å²) >= 11 is 0. The average molecular weight is 466 g/mol. The third-order valence-corrected chi connectivity index (χ3v) is 5.21. The molecule has 0 saturated carbocycles. The van der Waals surface area contributed by atoms with Gasteiger partial charge in [0.15, 0.2) is 0 Å². The Morgan fingerprint density at radius 2 is 0.941 bits per heavy atom. The molecule has 2 N–H and O–H groups in total. The van der Waals surface area contributed by atoms with E-state index in [2.05, 4.69) is 15.0 Å². The number of rotatable bonds is 4. The van der Waals surface area contributed by atoms with Crippen molar-refractivity contribution in [1.29, 1.82) is 0 Å². The van der Waals surface area contributed by atoms with Gasteiger partial charge in [0.25, 0.3) is 0 Å². The van der Waals surface area contributed by atoms with Crippen LogP contribution in [0.4, 0.5) is 0 Å². The summed E-state index contributed by atoms with van der Waals surface area (Å²) in [4.78, 5) is 13.5. The summed E-state index contributed by atoms with van der Waals surface area (Å²) in [6, 6.07) is 10.1. The summed E-state index contributed by atoms with van der Waals surface area (Å²) in [7, 11) is 0. The minimum Gasteiger partial charge on any atom is -0.508 e. The molecule has 1 heterocycles. The minimum atomic E-state index is -0.386. The molecule has 0 saturated heterocycles. The standard InChI is InChI=1S/C27H35N3O4/c1-25(2,3)18-14-16(31)10-12-20(18)33-23-28-22(27(7,8)9)29-24(30-23)34-21-13-11-17(32)15-19(21)26(4,5)6/h10-15,31-32H,1-9H3. The molecule has 0 radical (unpaired) electrons. The number of phenols is 2. The van der Waals surface area contributed by atoms with Crippen molar-refractivity contribution >= 4 is 0 Å². The highest BCUT2D eigenvalue weighted by Gasteiger charge is 2.26. The number of ether oxygens (including phenoxy) is 2. The second-order valence-corrected chi connectivity index (χ2v) is 11.5. The summed E-state index contributed by atoms with van der Waals surface area (Å²) < 4.78 is 12.3. The molecular formula is C27H35N3O4. The Bertz CT molecular complexity index is 1100. The van der Waals surface area contributed by atoms with Gasteiger partial charge in [-0.25, -0.2) is 0 Å². The molecule has 0 aliphatic rings. The van der Waals surface area contributed by atoms with Crippen molar-refractivity contribution in [3.05, 3.63) is 53.3 Å². The van der Waals surface area contributed by atoms with E-state index in [1.807, 2.05) is 62.3 Å². The lowest BCUT2D eigenvalue weighted by molar-refractivity contribution is 0.367. The van der Waals surface area contributed by atoms with Crippen LogP contribution in [0.2, 0.25) is 0 Å². The number of benzene rings is 2. The number of hydrogen-bond acceptors (Lipinski definition) is 7. The van der Waals surface area contributed by atoms with Gasteiger partial charge in [0.2, 0.25) is 0 Å². The first-order chi connectivity index (χ1) is 15.5. The normalized spacial score (nSPS) is 12.5. The lowest BCUT2D eigenvalue weighted by Crippen LogP contribution is -2.18. The fourth-order valence-corrected chi connectivity index (χ4v) is 3.35. The van der Waals surface area contributed by atoms with Crippen LogP contribution in [0.25, 0.3) is 0 Å². The van der Waals surface area contributed by atoms with Gasteiger partial charge in [-0.3, -0.25) is 0 Å². The zero-order valence-corrected chi connectivity index (χ0v) is 21.5. The second kappa shape index (κ2) is 8.78. The topological polar surface area (TPSA) is 97.6 Å². The molecule has 2 aromatic carbocycles. The van der Waals surface area contributed by atoms with E-state index in [1.165, 1.54) is 0 Å². The average Bonchev–Trinajstić information content (AvgIpc) is 2.68. The van der Waals surface area contributed by atoms with Crippen molar-refractivity contribution in [2.45, 2.75) is 78.6 Å². The third kappa shape index (κ3) is 5.95. The molecule has 34 heavy (non-hydrogen) atoms.